The SMILES string of the molecule is CCOc1ccc(C(NC)C(C)(C)C)cc1. The molecule has 1 N–H and O–H groups in total. The quantitative estimate of drug-likeness (QED) is 0.841. The van der Waals surface area contributed by atoms with Crippen LogP contribution in [0.3, 0.4) is 0 Å². The van der Waals surface area contributed by atoms with Gasteiger partial charge in [0.15, 0.2) is 0 Å². The van der Waals surface area contributed by atoms with Crippen molar-refractivity contribution in [1.82, 2.24) is 5.32 Å². The van der Waals surface area contributed by atoms with Crippen LogP contribution in [0.15, 0.2) is 24.3 Å². The third-order valence-corrected chi connectivity index (χ3v) is 2.68. The van der Waals surface area contributed by atoms with E-state index < -0.39 is 0 Å². The van der Waals surface area contributed by atoms with E-state index in [4.69, 9.17) is 4.74 Å². The Morgan fingerprint density at radius 1 is 1.19 bits per heavy atom. The molecule has 90 valence electrons. The Balaban J connectivity index is 2.87. The predicted octanol–water partition coefficient (Wildman–Crippen LogP) is 3.39. The van der Waals surface area contributed by atoms with E-state index in [0.717, 1.165) is 5.75 Å². The summed E-state index contributed by atoms with van der Waals surface area (Å²) in [6.07, 6.45) is 0. The molecule has 1 aromatic rings. The van der Waals surface area contributed by atoms with Crippen molar-refractivity contribution >= 4 is 0 Å². The van der Waals surface area contributed by atoms with Crippen molar-refractivity contribution in [2.75, 3.05) is 13.7 Å². The number of nitrogens with one attached hydrogen (secondary N) is 1. The van der Waals surface area contributed by atoms with Crippen molar-refractivity contribution in [3.05, 3.63) is 29.8 Å². The Hall–Kier alpha value is -1.02. The van der Waals surface area contributed by atoms with Crippen molar-refractivity contribution in [2.24, 2.45) is 5.41 Å². The van der Waals surface area contributed by atoms with E-state index in [1.165, 1.54) is 5.56 Å². The Bertz CT molecular complexity index is 311. The molecule has 0 aliphatic rings. The molecule has 0 aliphatic carbocycles. The molecule has 0 aromatic heterocycles. The number of benzene rings is 1. The van der Waals surface area contributed by atoms with Crippen molar-refractivity contribution in [1.29, 1.82) is 0 Å². The Kier molecular flexibility index (Phi) is 4.36. The fourth-order valence-electron chi connectivity index (χ4n) is 2.02. The molecule has 0 saturated carbocycles. The maximum absolute atomic E-state index is 5.44. The van der Waals surface area contributed by atoms with Gasteiger partial charge in [-0.15, -0.1) is 0 Å². The van der Waals surface area contributed by atoms with Gasteiger partial charge < -0.3 is 10.1 Å². The lowest BCUT2D eigenvalue weighted by atomic mass is 9.82. The fraction of sp³-hybridized carbons (Fsp3) is 0.571. The fourth-order valence-corrected chi connectivity index (χ4v) is 2.02. The highest BCUT2D eigenvalue weighted by atomic mass is 16.5. The maximum atomic E-state index is 5.44. The lowest BCUT2D eigenvalue weighted by Crippen LogP contribution is -2.29. The van der Waals surface area contributed by atoms with Gasteiger partial charge in [-0.25, -0.2) is 0 Å². The molecule has 2 heteroatoms. The molecular weight excluding hydrogens is 198 g/mol. The van der Waals surface area contributed by atoms with Gasteiger partial charge in [-0.1, -0.05) is 32.9 Å². The third-order valence-electron chi connectivity index (χ3n) is 2.68. The molecule has 0 radical (unpaired) electrons. The van der Waals surface area contributed by atoms with Crippen molar-refractivity contribution < 1.29 is 4.74 Å². The average Bonchev–Trinajstić information content (AvgIpc) is 2.20. The molecule has 16 heavy (non-hydrogen) atoms. The predicted molar refractivity (Wildman–Crippen MR) is 68.9 cm³/mol. The van der Waals surface area contributed by atoms with Gasteiger partial charge >= 0.3 is 0 Å². The van der Waals surface area contributed by atoms with E-state index in [2.05, 4.69) is 38.2 Å². The second-order valence-corrected chi connectivity index (χ2v) is 5.09. The van der Waals surface area contributed by atoms with Gasteiger partial charge in [0.05, 0.1) is 6.61 Å². The molecule has 2 nitrogen and oxygen atoms in total. The Morgan fingerprint density at radius 2 is 1.75 bits per heavy atom. The Morgan fingerprint density at radius 3 is 2.12 bits per heavy atom. The van der Waals surface area contributed by atoms with Gasteiger partial charge in [0.25, 0.3) is 0 Å². The molecule has 1 unspecified atom stereocenters. The van der Waals surface area contributed by atoms with Crippen LogP contribution >= 0.6 is 0 Å². The molecule has 1 atom stereocenters. The van der Waals surface area contributed by atoms with Gasteiger partial charge in [-0.05, 0) is 37.1 Å². The summed E-state index contributed by atoms with van der Waals surface area (Å²) in [4.78, 5) is 0. The summed E-state index contributed by atoms with van der Waals surface area (Å²) in [5, 5.41) is 3.37. The van der Waals surface area contributed by atoms with Crippen LogP contribution in [0.1, 0.15) is 39.3 Å². The number of rotatable bonds is 4. The van der Waals surface area contributed by atoms with E-state index >= 15 is 0 Å². The molecule has 0 aliphatic heterocycles. The maximum Gasteiger partial charge on any atom is 0.119 e. The van der Waals surface area contributed by atoms with Crippen molar-refractivity contribution in [3.63, 3.8) is 0 Å². The average molecular weight is 221 g/mol. The van der Waals surface area contributed by atoms with Gasteiger partial charge in [0.2, 0.25) is 0 Å². The molecule has 0 saturated heterocycles. The lowest BCUT2D eigenvalue weighted by molar-refractivity contribution is 0.286. The van der Waals surface area contributed by atoms with Gasteiger partial charge in [0, 0.05) is 6.04 Å². The Labute approximate surface area is 99.0 Å². The van der Waals surface area contributed by atoms with E-state index in [1.807, 2.05) is 26.1 Å². The van der Waals surface area contributed by atoms with Gasteiger partial charge in [-0.3, -0.25) is 0 Å². The molecule has 0 amide bonds. The summed E-state index contributed by atoms with van der Waals surface area (Å²) in [6, 6.07) is 8.71. The largest absolute Gasteiger partial charge is 0.494 e. The monoisotopic (exact) mass is 221 g/mol. The van der Waals surface area contributed by atoms with Gasteiger partial charge in [0.1, 0.15) is 5.75 Å². The highest BCUT2D eigenvalue weighted by molar-refractivity contribution is 5.30. The van der Waals surface area contributed by atoms with Crippen LogP contribution in [-0.4, -0.2) is 13.7 Å². The third kappa shape index (κ3) is 3.24. The van der Waals surface area contributed by atoms with Crippen LogP contribution in [0, 0.1) is 5.41 Å². The molecule has 0 heterocycles. The minimum atomic E-state index is 0.210. The summed E-state index contributed by atoms with van der Waals surface area (Å²) in [6.45, 7) is 9.44. The topological polar surface area (TPSA) is 21.3 Å². The van der Waals surface area contributed by atoms with Crippen LogP contribution in [0.4, 0.5) is 0 Å². The molecule has 0 bridgehead atoms. The second-order valence-electron chi connectivity index (χ2n) is 5.09. The van der Waals surface area contributed by atoms with Crippen molar-refractivity contribution in [3.8, 4) is 5.75 Å². The van der Waals surface area contributed by atoms with Crippen LogP contribution in [0.2, 0.25) is 0 Å². The standard InChI is InChI=1S/C14H23NO/c1-6-16-12-9-7-11(8-10-12)13(15-5)14(2,3)4/h7-10,13,15H,6H2,1-5H3. The molecule has 0 spiro atoms. The zero-order valence-corrected chi connectivity index (χ0v) is 11.0. The zero-order chi connectivity index (χ0) is 12.2. The number of hydrogen-bond donors (Lipinski definition) is 1. The summed E-state index contributed by atoms with van der Waals surface area (Å²) in [5.41, 5.74) is 1.51. The first kappa shape index (κ1) is 13.0. The van der Waals surface area contributed by atoms with E-state index in [-0.39, 0.29) is 5.41 Å². The van der Waals surface area contributed by atoms with E-state index in [1.54, 1.807) is 0 Å². The van der Waals surface area contributed by atoms with Gasteiger partial charge in [-0.2, -0.15) is 0 Å². The normalized spacial score (nSPS) is 13.6. The zero-order valence-electron chi connectivity index (χ0n) is 11.0. The van der Waals surface area contributed by atoms with Crippen LogP contribution in [-0.2, 0) is 0 Å². The highest BCUT2D eigenvalue weighted by Crippen LogP contribution is 2.32. The number of ether oxygens (including phenoxy) is 1. The summed E-state index contributed by atoms with van der Waals surface area (Å²) in [5.74, 6) is 0.940. The molecule has 0 fully saturated rings. The van der Waals surface area contributed by atoms with Crippen LogP contribution < -0.4 is 10.1 Å². The molecule has 1 rings (SSSR count). The lowest BCUT2D eigenvalue weighted by Gasteiger charge is -2.30. The first-order chi connectivity index (χ1) is 7.49. The summed E-state index contributed by atoms with van der Waals surface area (Å²) in [7, 11) is 2.01. The molecular formula is C14H23NO. The smallest absolute Gasteiger partial charge is 0.119 e. The first-order valence-electron chi connectivity index (χ1n) is 5.89. The van der Waals surface area contributed by atoms with Crippen LogP contribution in [0.25, 0.3) is 0 Å². The van der Waals surface area contributed by atoms with E-state index in [0.29, 0.717) is 12.6 Å². The first-order valence-corrected chi connectivity index (χ1v) is 5.89. The molecule has 1 aromatic carbocycles. The second kappa shape index (κ2) is 5.35. The van der Waals surface area contributed by atoms with E-state index in [9.17, 15) is 0 Å². The summed E-state index contributed by atoms with van der Waals surface area (Å²) >= 11 is 0. The van der Waals surface area contributed by atoms with Crippen LogP contribution in [0.5, 0.6) is 5.75 Å². The number of hydrogen-bond acceptors (Lipinski definition) is 2. The summed E-state index contributed by atoms with van der Waals surface area (Å²) < 4.78 is 5.44. The van der Waals surface area contributed by atoms with Crippen molar-refractivity contribution in [2.45, 2.75) is 33.7 Å². The minimum Gasteiger partial charge on any atom is -0.494 e. The minimum absolute atomic E-state index is 0.210. The highest BCUT2D eigenvalue weighted by Gasteiger charge is 2.24.